The summed E-state index contributed by atoms with van der Waals surface area (Å²) in [6.45, 7) is 0. The topological polar surface area (TPSA) is 46.3 Å². The van der Waals surface area contributed by atoms with Gasteiger partial charge in [-0.1, -0.05) is 42.5 Å². The van der Waals surface area contributed by atoms with Crippen LogP contribution in [0.5, 0.6) is 0 Å². The van der Waals surface area contributed by atoms with E-state index < -0.39 is 0 Å². The predicted octanol–water partition coefficient (Wildman–Crippen LogP) is 2.45. The Morgan fingerprint density at radius 1 is 1.20 bits per heavy atom. The smallest absolute Gasteiger partial charge is 0.231 e. The molecule has 1 atom stereocenters. The standard InChI is InChI=1S/C17H18N2O/c1-19-16-8-7-13(10-14(16)11-17(19)20)15(18)9-12-5-3-2-4-6-12/h2-8,10,15H,9,11,18H2,1H3. The zero-order valence-corrected chi connectivity index (χ0v) is 11.5. The summed E-state index contributed by atoms with van der Waals surface area (Å²) in [7, 11) is 1.82. The molecule has 3 rings (SSSR count). The van der Waals surface area contributed by atoms with Gasteiger partial charge in [-0.2, -0.15) is 0 Å². The number of likely N-dealkylation sites (N-methyl/N-ethyl adjacent to an activating group) is 1. The Kier molecular flexibility index (Phi) is 3.28. The molecule has 20 heavy (non-hydrogen) atoms. The van der Waals surface area contributed by atoms with Gasteiger partial charge >= 0.3 is 0 Å². The molecule has 0 radical (unpaired) electrons. The number of hydrogen-bond donors (Lipinski definition) is 1. The van der Waals surface area contributed by atoms with Crippen molar-refractivity contribution < 1.29 is 4.79 Å². The maximum absolute atomic E-state index is 11.7. The Balaban J connectivity index is 1.82. The van der Waals surface area contributed by atoms with E-state index in [1.165, 1.54) is 5.56 Å². The number of nitrogens with two attached hydrogens (primary N) is 1. The van der Waals surface area contributed by atoms with E-state index in [4.69, 9.17) is 5.73 Å². The molecule has 0 saturated heterocycles. The summed E-state index contributed by atoms with van der Waals surface area (Å²) in [4.78, 5) is 13.4. The average molecular weight is 266 g/mol. The monoisotopic (exact) mass is 266 g/mol. The van der Waals surface area contributed by atoms with Gasteiger partial charge in [-0.3, -0.25) is 4.79 Å². The van der Waals surface area contributed by atoms with Crippen LogP contribution in [0.15, 0.2) is 48.5 Å². The van der Waals surface area contributed by atoms with E-state index in [0.29, 0.717) is 6.42 Å². The van der Waals surface area contributed by atoms with Crippen molar-refractivity contribution in [1.82, 2.24) is 0 Å². The van der Waals surface area contributed by atoms with Crippen LogP contribution >= 0.6 is 0 Å². The fourth-order valence-corrected chi connectivity index (χ4v) is 2.71. The second-order valence-corrected chi connectivity index (χ2v) is 5.31. The molecule has 2 N–H and O–H groups in total. The van der Waals surface area contributed by atoms with Gasteiger partial charge in [0, 0.05) is 18.8 Å². The molecule has 1 aliphatic heterocycles. The Morgan fingerprint density at radius 2 is 1.95 bits per heavy atom. The van der Waals surface area contributed by atoms with Crippen LogP contribution in [0.3, 0.4) is 0 Å². The number of rotatable bonds is 3. The molecule has 0 fully saturated rings. The van der Waals surface area contributed by atoms with E-state index in [9.17, 15) is 4.79 Å². The SMILES string of the molecule is CN1C(=O)Cc2cc(C(N)Cc3ccccc3)ccc21. The van der Waals surface area contributed by atoms with E-state index in [-0.39, 0.29) is 11.9 Å². The van der Waals surface area contributed by atoms with Crippen LogP contribution in [0.4, 0.5) is 5.69 Å². The molecule has 1 aliphatic rings. The number of hydrogen-bond acceptors (Lipinski definition) is 2. The molecule has 1 amide bonds. The van der Waals surface area contributed by atoms with Gasteiger partial charge in [-0.15, -0.1) is 0 Å². The summed E-state index contributed by atoms with van der Waals surface area (Å²) in [5.41, 5.74) is 10.7. The van der Waals surface area contributed by atoms with Crippen molar-refractivity contribution in [3.05, 3.63) is 65.2 Å². The average Bonchev–Trinajstić information content (AvgIpc) is 2.74. The highest BCUT2D eigenvalue weighted by Gasteiger charge is 2.24. The third kappa shape index (κ3) is 2.32. The first-order valence-electron chi connectivity index (χ1n) is 6.84. The quantitative estimate of drug-likeness (QED) is 0.927. The second kappa shape index (κ2) is 5.10. The first-order chi connectivity index (χ1) is 9.65. The number of benzene rings is 2. The molecule has 0 spiro atoms. The lowest BCUT2D eigenvalue weighted by atomic mass is 9.97. The summed E-state index contributed by atoms with van der Waals surface area (Å²) < 4.78 is 0. The predicted molar refractivity (Wildman–Crippen MR) is 80.6 cm³/mol. The summed E-state index contributed by atoms with van der Waals surface area (Å²) >= 11 is 0. The Labute approximate surface area is 119 Å². The van der Waals surface area contributed by atoms with E-state index in [1.54, 1.807) is 4.90 Å². The van der Waals surface area contributed by atoms with Crippen molar-refractivity contribution in [2.45, 2.75) is 18.9 Å². The molecular weight excluding hydrogens is 248 g/mol. The van der Waals surface area contributed by atoms with Gasteiger partial charge in [-0.05, 0) is 29.2 Å². The van der Waals surface area contributed by atoms with Crippen molar-refractivity contribution in [1.29, 1.82) is 0 Å². The zero-order chi connectivity index (χ0) is 14.1. The first-order valence-corrected chi connectivity index (χ1v) is 6.84. The second-order valence-electron chi connectivity index (χ2n) is 5.31. The van der Waals surface area contributed by atoms with E-state index in [1.807, 2.05) is 37.4 Å². The lowest BCUT2D eigenvalue weighted by molar-refractivity contribution is -0.117. The highest BCUT2D eigenvalue weighted by Crippen LogP contribution is 2.30. The van der Waals surface area contributed by atoms with Crippen LogP contribution in [0, 0.1) is 0 Å². The van der Waals surface area contributed by atoms with Crippen LogP contribution in [0.2, 0.25) is 0 Å². The van der Waals surface area contributed by atoms with E-state index >= 15 is 0 Å². The molecular formula is C17H18N2O. The van der Waals surface area contributed by atoms with Crippen LogP contribution in [0.25, 0.3) is 0 Å². The van der Waals surface area contributed by atoms with Crippen LogP contribution in [-0.4, -0.2) is 13.0 Å². The fraction of sp³-hybridized carbons (Fsp3) is 0.235. The van der Waals surface area contributed by atoms with Gasteiger partial charge in [0.1, 0.15) is 0 Å². The van der Waals surface area contributed by atoms with E-state index in [0.717, 1.165) is 23.2 Å². The lowest BCUT2D eigenvalue weighted by Crippen LogP contribution is -2.20. The molecule has 102 valence electrons. The van der Waals surface area contributed by atoms with Crippen LogP contribution in [0.1, 0.15) is 22.7 Å². The van der Waals surface area contributed by atoms with Crippen molar-refractivity contribution in [2.75, 3.05) is 11.9 Å². The molecule has 0 aromatic heterocycles. The van der Waals surface area contributed by atoms with Crippen LogP contribution in [-0.2, 0) is 17.6 Å². The molecule has 3 nitrogen and oxygen atoms in total. The highest BCUT2D eigenvalue weighted by atomic mass is 16.2. The van der Waals surface area contributed by atoms with Crippen molar-refractivity contribution in [3.63, 3.8) is 0 Å². The molecule has 2 aromatic carbocycles. The minimum absolute atomic E-state index is 0.0382. The van der Waals surface area contributed by atoms with Gasteiger partial charge in [0.05, 0.1) is 6.42 Å². The lowest BCUT2D eigenvalue weighted by Gasteiger charge is -2.15. The van der Waals surface area contributed by atoms with Gasteiger partial charge in [-0.25, -0.2) is 0 Å². The zero-order valence-electron chi connectivity index (χ0n) is 11.5. The number of amides is 1. The van der Waals surface area contributed by atoms with Gasteiger partial charge < -0.3 is 10.6 Å². The third-order valence-electron chi connectivity index (χ3n) is 3.91. The van der Waals surface area contributed by atoms with Crippen molar-refractivity contribution in [2.24, 2.45) is 5.73 Å². The number of fused-ring (bicyclic) bond motifs is 1. The third-order valence-corrected chi connectivity index (χ3v) is 3.91. The van der Waals surface area contributed by atoms with Gasteiger partial charge in [0.25, 0.3) is 0 Å². The molecule has 0 saturated carbocycles. The minimum Gasteiger partial charge on any atom is -0.324 e. The number of anilines is 1. The Hall–Kier alpha value is -2.13. The molecule has 1 unspecified atom stereocenters. The van der Waals surface area contributed by atoms with Crippen molar-refractivity contribution in [3.8, 4) is 0 Å². The molecule has 2 aromatic rings. The van der Waals surface area contributed by atoms with Gasteiger partial charge in [0.15, 0.2) is 0 Å². The normalized spacial score (nSPS) is 15.3. The summed E-state index contributed by atoms with van der Waals surface area (Å²) in [6, 6.07) is 16.3. The number of nitrogens with zero attached hydrogens (tertiary/aromatic N) is 1. The molecule has 0 bridgehead atoms. The fourth-order valence-electron chi connectivity index (χ4n) is 2.71. The Morgan fingerprint density at radius 3 is 2.70 bits per heavy atom. The van der Waals surface area contributed by atoms with Gasteiger partial charge in [0.2, 0.25) is 5.91 Å². The summed E-state index contributed by atoms with van der Waals surface area (Å²) in [6.07, 6.45) is 1.29. The Bertz CT molecular complexity index is 637. The number of carbonyl (C=O) groups excluding carboxylic acids is 1. The minimum atomic E-state index is -0.0382. The van der Waals surface area contributed by atoms with E-state index in [2.05, 4.69) is 18.2 Å². The summed E-state index contributed by atoms with van der Waals surface area (Å²) in [5, 5.41) is 0. The largest absolute Gasteiger partial charge is 0.324 e. The maximum Gasteiger partial charge on any atom is 0.231 e. The highest BCUT2D eigenvalue weighted by molar-refractivity contribution is 6.00. The maximum atomic E-state index is 11.7. The molecule has 1 heterocycles. The first kappa shape index (κ1) is 12.9. The molecule has 3 heteroatoms. The summed E-state index contributed by atoms with van der Waals surface area (Å²) in [5.74, 6) is 0.147. The number of carbonyl (C=O) groups is 1. The molecule has 0 aliphatic carbocycles. The van der Waals surface area contributed by atoms with Crippen molar-refractivity contribution >= 4 is 11.6 Å². The van der Waals surface area contributed by atoms with Crippen LogP contribution < -0.4 is 10.6 Å².